The second-order valence-electron chi connectivity index (χ2n) is 5.43. The molecule has 3 atom stereocenters. The van der Waals surface area contributed by atoms with Gasteiger partial charge in [0.05, 0.1) is 19.3 Å². The highest BCUT2D eigenvalue weighted by atomic mass is 16.5. The minimum Gasteiger partial charge on any atom is -0.489 e. The first-order chi connectivity index (χ1) is 9.24. The predicted octanol–water partition coefficient (Wildman–Crippen LogP) is 2.31. The molecule has 0 bridgehead atoms. The van der Waals surface area contributed by atoms with Crippen LogP contribution in [0.4, 0.5) is 0 Å². The van der Waals surface area contributed by atoms with Crippen molar-refractivity contribution in [1.82, 2.24) is 0 Å². The Hall–Kier alpha value is -1.26. The molecule has 1 saturated heterocycles. The van der Waals surface area contributed by atoms with Crippen LogP contribution >= 0.6 is 0 Å². The van der Waals surface area contributed by atoms with Crippen LogP contribution < -0.4 is 9.47 Å². The lowest BCUT2D eigenvalue weighted by Crippen LogP contribution is -2.17. The lowest BCUT2D eigenvalue weighted by Gasteiger charge is -2.19. The molecule has 1 fully saturated rings. The average molecular weight is 264 g/mol. The molecule has 104 valence electrons. The van der Waals surface area contributed by atoms with Gasteiger partial charge in [0.2, 0.25) is 0 Å². The number of aliphatic hydroxyl groups is 1. The molecule has 0 aromatic heterocycles. The summed E-state index contributed by atoms with van der Waals surface area (Å²) < 4.78 is 17.0. The van der Waals surface area contributed by atoms with E-state index in [4.69, 9.17) is 14.2 Å². The van der Waals surface area contributed by atoms with E-state index in [9.17, 15) is 5.11 Å². The molecule has 0 radical (unpaired) electrons. The first-order valence-corrected chi connectivity index (χ1v) is 6.93. The molecule has 4 heteroatoms. The van der Waals surface area contributed by atoms with Gasteiger partial charge in [-0.15, -0.1) is 0 Å². The van der Waals surface area contributed by atoms with Gasteiger partial charge < -0.3 is 19.3 Å². The second kappa shape index (κ2) is 5.39. The van der Waals surface area contributed by atoms with Crippen LogP contribution in [0.5, 0.6) is 11.5 Å². The molecule has 4 nitrogen and oxygen atoms in total. The second-order valence-corrected chi connectivity index (χ2v) is 5.43. The summed E-state index contributed by atoms with van der Waals surface area (Å²) in [5, 5.41) is 10.3. The molecule has 3 unspecified atom stereocenters. The van der Waals surface area contributed by atoms with Crippen LogP contribution in [0.1, 0.15) is 31.4 Å². The summed E-state index contributed by atoms with van der Waals surface area (Å²) in [5.41, 5.74) is 0.837. The fourth-order valence-corrected chi connectivity index (χ4v) is 2.52. The largest absolute Gasteiger partial charge is 0.489 e. The summed E-state index contributed by atoms with van der Waals surface area (Å²) in [7, 11) is 0. The molecule has 0 saturated carbocycles. The molecule has 3 rings (SSSR count). The van der Waals surface area contributed by atoms with Crippen LogP contribution in [0.15, 0.2) is 18.2 Å². The lowest BCUT2D eigenvalue weighted by atomic mass is 10.0. The molecule has 2 heterocycles. The van der Waals surface area contributed by atoms with Crippen molar-refractivity contribution in [3.05, 3.63) is 23.8 Å². The van der Waals surface area contributed by atoms with Gasteiger partial charge in [-0.05, 0) is 30.5 Å². The number of ether oxygens (including phenoxy) is 3. The van der Waals surface area contributed by atoms with Gasteiger partial charge in [0.15, 0.2) is 11.5 Å². The van der Waals surface area contributed by atoms with Crippen LogP contribution in [-0.4, -0.2) is 31.0 Å². The first-order valence-electron chi connectivity index (χ1n) is 6.93. The number of hydrogen-bond donors (Lipinski definition) is 1. The maximum absolute atomic E-state index is 10.3. The zero-order chi connectivity index (χ0) is 13.2. The van der Waals surface area contributed by atoms with E-state index in [0.29, 0.717) is 19.1 Å². The highest BCUT2D eigenvalue weighted by molar-refractivity contribution is 5.44. The SMILES string of the molecule is CC1COc2ccc(C(O)C3CCCO3)cc2OC1. The molecule has 1 N–H and O–H groups in total. The third-order valence-corrected chi connectivity index (χ3v) is 3.67. The molecule has 2 aliphatic rings. The molecule has 2 aliphatic heterocycles. The monoisotopic (exact) mass is 264 g/mol. The van der Waals surface area contributed by atoms with Gasteiger partial charge in [-0.25, -0.2) is 0 Å². The molecular weight excluding hydrogens is 244 g/mol. The van der Waals surface area contributed by atoms with Crippen molar-refractivity contribution in [2.24, 2.45) is 5.92 Å². The number of benzene rings is 1. The molecule has 1 aromatic carbocycles. The minimum absolute atomic E-state index is 0.0938. The van der Waals surface area contributed by atoms with Crippen molar-refractivity contribution in [2.45, 2.75) is 32.0 Å². The molecule has 19 heavy (non-hydrogen) atoms. The van der Waals surface area contributed by atoms with Crippen molar-refractivity contribution in [3.63, 3.8) is 0 Å². The van der Waals surface area contributed by atoms with Crippen LogP contribution in [0.3, 0.4) is 0 Å². The molecule has 0 amide bonds. The lowest BCUT2D eigenvalue weighted by molar-refractivity contribution is -0.00269. The van der Waals surface area contributed by atoms with E-state index in [1.54, 1.807) is 0 Å². The Morgan fingerprint density at radius 3 is 2.74 bits per heavy atom. The highest BCUT2D eigenvalue weighted by Crippen LogP contribution is 2.35. The Balaban J connectivity index is 1.80. The Kier molecular flexibility index (Phi) is 3.62. The summed E-state index contributed by atoms with van der Waals surface area (Å²) >= 11 is 0. The number of rotatable bonds is 2. The zero-order valence-corrected chi connectivity index (χ0v) is 11.2. The predicted molar refractivity (Wildman–Crippen MR) is 70.5 cm³/mol. The van der Waals surface area contributed by atoms with Crippen molar-refractivity contribution < 1.29 is 19.3 Å². The van der Waals surface area contributed by atoms with Crippen LogP contribution in [0, 0.1) is 5.92 Å². The van der Waals surface area contributed by atoms with E-state index in [-0.39, 0.29) is 6.10 Å². The third kappa shape index (κ3) is 2.69. The van der Waals surface area contributed by atoms with E-state index < -0.39 is 6.10 Å². The average Bonchev–Trinajstić information content (AvgIpc) is 2.90. The standard InChI is InChI=1S/C15H20O4/c1-10-8-18-12-5-4-11(7-14(12)19-9-10)15(16)13-3-2-6-17-13/h4-5,7,10,13,15-16H,2-3,6,8-9H2,1H3. The fraction of sp³-hybridized carbons (Fsp3) is 0.600. The van der Waals surface area contributed by atoms with E-state index in [1.807, 2.05) is 18.2 Å². The van der Waals surface area contributed by atoms with Crippen LogP contribution in [0.2, 0.25) is 0 Å². The van der Waals surface area contributed by atoms with Gasteiger partial charge in [0.25, 0.3) is 0 Å². The Morgan fingerprint density at radius 2 is 2.00 bits per heavy atom. The van der Waals surface area contributed by atoms with Gasteiger partial charge in [-0.1, -0.05) is 13.0 Å². The van der Waals surface area contributed by atoms with E-state index >= 15 is 0 Å². The Labute approximate surface area is 113 Å². The van der Waals surface area contributed by atoms with Gasteiger partial charge in [0, 0.05) is 12.5 Å². The maximum Gasteiger partial charge on any atom is 0.161 e. The summed E-state index contributed by atoms with van der Waals surface area (Å²) in [6, 6.07) is 5.64. The van der Waals surface area contributed by atoms with Gasteiger partial charge in [-0.3, -0.25) is 0 Å². The molecule has 1 aromatic rings. The van der Waals surface area contributed by atoms with Gasteiger partial charge in [0.1, 0.15) is 6.10 Å². The smallest absolute Gasteiger partial charge is 0.161 e. The topological polar surface area (TPSA) is 47.9 Å². The summed E-state index contributed by atoms with van der Waals surface area (Å²) in [6.45, 7) is 4.14. The summed E-state index contributed by atoms with van der Waals surface area (Å²) in [6.07, 6.45) is 1.25. The highest BCUT2D eigenvalue weighted by Gasteiger charge is 2.26. The number of aliphatic hydroxyl groups excluding tert-OH is 1. The van der Waals surface area contributed by atoms with Crippen molar-refractivity contribution in [2.75, 3.05) is 19.8 Å². The summed E-state index contributed by atoms with van der Waals surface area (Å²) in [4.78, 5) is 0. The number of hydrogen-bond acceptors (Lipinski definition) is 4. The van der Waals surface area contributed by atoms with E-state index in [0.717, 1.165) is 36.5 Å². The zero-order valence-electron chi connectivity index (χ0n) is 11.2. The third-order valence-electron chi connectivity index (χ3n) is 3.67. The molecule has 0 aliphatic carbocycles. The maximum atomic E-state index is 10.3. The van der Waals surface area contributed by atoms with Crippen LogP contribution in [-0.2, 0) is 4.74 Å². The van der Waals surface area contributed by atoms with Gasteiger partial charge in [-0.2, -0.15) is 0 Å². The van der Waals surface area contributed by atoms with Crippen LogP contribution in [0.25, 0.3) is 0 Å². The number of fused-ring (bicyclic) bond motifs is 1. The quantitative estimate of drug-likeness (QED) is 0.890. The fourth-order valence-electron chi connectivity index (χ4n) is 2.52. The Bertz CT molecular complexity index is 440. The van der Waals surface area contributed by atoms with Crippen molar-refractivity contribution >= 4 is 0 Å². The van der Waals surface area contributed by atoms with E-state index in [1.165, 1.54) is 0 Å². The van der Waals surface area contributed by atoms with E-state index in [2.05, 4.69) is 6.92 Å². The Morgan fingerprint density at radius 1 is 1.21 bits per heavy atom. The van der Waals surface area contributed by atoms with Crippen molar-refractivity contribution in [1.29, 1.82) is 0 Å². The van der Waals surface area contributed by atoms with Crippen molar-refractivity contribution in [3.8, 4) is 11.5 Å². The minimum atomic E-state index is -0.586. The summed E-state index contributed by atoms with van der Waals surface area (Å²) in [5.74, 6) is 1.85. The first kappa shape index (κ1) is 12.8. The molecule has 0 spiro atoms. The normalized spacial score (nSPS) is 27.9. The molecular formula is C15H20O4. The van der Waals surface area contributed by atoms with Gasteiger partial charge >= 0.3 is 0 Å².